The van der Waals surface area contributed by atoms with Crippen molar-refractivity contribution in [2.24, 2.45) is 7.05 Å². The Morgan fingerprint density at radius 2 is 2.20 bits per heavy atom. The lowest BCUT2D eigenvalue weighted by molar-refractivity contribution is 0.137. The van der Waals surface area contributed by atoms with E-state index in [0.717, 1.165) is 5.46 Å². The number of pyridine rings is 1. The van der Waals surface area contributed by atoms with Crippen molar-refractivity contribution in [3.8, 4) is 0 Å². The molecule has 0 unspecified atom stereocenters. The topological polar surface area (TPSA) is 40.5 Å². The van der Waals surface area contributed by atoms with Crippen LogP contribution in [0.1, 0.15) is 13.8 Å². The molecule has 0 bridgehead atoms. The molecule has 80 valence electrons. The van der Waals surface area contributed by atoms with E-state index in [0.29, 0.717) is 6.61 Å². The summed E-state index contributed by atoms with van der Waals surface area (Å²) >= 11 is 0. The van der Waals surface area contributed by atoms with Crippen molar-refractivity contribution < 1.29 is 9.31 Å². The SMILES string of the molecule is Cn1cc(B2OCC(C)(C)O2)ccc1=O. The summed E-state index contributed by atoms with van der Waals surface area (Å²) in [6.07, 6.45) is 1.74. The van der Waals surface area contributed by atoms with Gasteiger partial charge in [0.1, 0.15) is 0 Å². The highest BCUT2D eigenvalue weighted by atomic mass is 16.7. The van der Waals surface area contributed by atoms with Crippen LogP contribution >= 0.6 is 0 Å². The monoisotopic (exact) mass is 207 g/mol. The lowest BCUT2D eigenvalue weighted by Gasteiger charge is -2.15. The van der Waals surface area contributed by atoms with Gasteiger partial charge >= 0.3 is 7.12 Å². The Bertz CT molecular complexity index is 427. The number of aryl methyl sites for hydroxylation is 1. The highest BCUT2D eigenvalue weighted by Crippen LogP contribution is 2.18. The second-order valence-electron chi connectivity index (χ2n) is 4.43. The maximum atomic E-state index is 11.2. The summed E-state index contributed by atoms with van der Waals surface area (Å²) in [4.78, 5) is 11.2. The summed E-state index contributed by atoms with van der Waals surface area (Å²) in [6, 6.07) is 3.27. The molecule has 0 radical (unpaired) electrons. The first-order valence-corrected chi connectivity index (χ1v) is 4.94. The van der Waals surface area contributed by atoms with Crippen LogP contribution in [0.4, 0.5) is 0 Å². The Morgan fingerprint density at radius 3 is 2.73 bits per heavy atom. The Kier molecular flexibility index (Phi) is 2.44. The molecule has 1 aliphatic rings. The molecule has 2 rings (SSSR count). The summed E-state index contributed by atoms with van der Waals surface area (Å²) < 4.78 is 12.7. The summed E-state index contributed by atoms with van der Waals surface area (Å²) in [7, 11) is 1.36. The van der Waals surface area contributed by atoms with E-state index in [2.05, 4.69) is 0 Å². The number of hydrogen-bond donors (Lipinski definition) is 0. The van der Waals surface area contributed by atoms with Crippen LogP contribution in [0.25, 0.3) is 0 Å². The van der Waals surface area contributed by atoms with Crippen molar-refractivity contribution in [3.05, 3.63) is 28.7 Å². The number of nitrogens with zero attached hydrogens (tertiary/aromatic N) is 1. The normalized spacial score (nSPS) is 19.5. The standard InChI is InChI=1S/C10H14BNO3/c1-10(2)7-14-11(15-10)8-4-5-9(13)12(3)6-8/h4-6H,7H2,1-3H3. The van der Waals surface area contributed by atoms with Gasteiger partial charge in [0.2, 0.25) is 5.56 Å². The maximum absolute atomic E-state index is 11.2. The Morgan fingerprint density at radius 1 is 1.47 bits per heavy atom. The first-order valence-electron chi connectivity index (χ1n) is 4.94. The number of hydrogen-bond acceptors (Lipinski definition) is 3. The van der Waals surface area contributed by atoms with Crippen LogP contribution in [-0.4, -0.2) is 23.9 Å². The van der Waals surface area contributed by atoms with Crippen molar-refractivity contribution in [1.29, 1.82) is 0 Å². The van der Waals surface area contributed by atoms with Gasteiger partial charge in [-0.05, 0) is 19.3 Å². The van der Waals surface area contributed by atoms with Crippen molar-refractivity contribution in [2.75, 3.05) is 6.61 Å². The molecule has 0 atom stereocenters. The van der Waals surface area contributed by atoms with Crippen molar-refractivity contribution in [1.82, 2.24) is 4.57 Å². The highest BCUT2D eigenvalue weighted by Gasteiger charge is 2.38. The lowest BCUT2D eigenvalue weighted by Crippen LogP contribution is -2.37. The fourth-order valence-corrected chi connectivity index (χ4v) is 1.55. The fraction of sp³-hybridized carbons (Fsp3) is 0.500. The zero-order valence-corrected chi connectivity index (χ0v) is 9.19. The van der Waals surface area contributed by atoms with Gasteiger partial charge in [0.15, 0.2) is 0 Å². The molecule has 1 aliphatic heterocycles. The Labute approximate surface area is 89.0 Å². The first-order chi connectivity index (χ1) is 6.98. The largest absolute Gasteiger partial charge is 0.495 e. The smallest absolute Gasteiger partial charge is 0.404 e. The molecule has 0 aromatic carbocycles. The number of rotatable bonds is 1. The zero-order valence-electron chi connectivity index (χ0n) is 9.19. The minimum Gasteiger partial charge on any atom is -0.404 e. The third-order valence-electron chi connectivity index (χ3n) is 2.39. The van der Waals surface area contributed by atoms with Crippen LogP contribution in [0.2, 0.25) is 0 Å². The minimum absolute atomic E-state index is 0.0315. The third-order valence-corrected chi connectivity index (χ3v) is 2.39. The first kappa shape index (κ1) is 10.5. The molecule has 4 nitrogen and oxygen atoms in total. The van der Waals surface area contributed by atoms with E-state index >= 15 is 0 Å². The molecular formula is C10H14BNO3. The van der Waals surface area contributed by atoms with E-state index in [1.165, 1.54) is 10.6 Å². The Hall–Kier alpha value is -1.07. The molecule has 0 aliphatic carbocycles. The van der Waals surface area contributed by atoms with Crippen molar-refractivity contribution >= 4 is 12.6 Å². The summed E-state index contributed by atoms with van der Waals surface area (Å²) in [6.45, 7) is 4.53. The molecule has 0 saturated carbocycles. The average molecular weight is 207 g/mol. The van der Waals surface area contributed by atoms with Crippen molar-refractivity contribution in [3.63, 3.8) is 0 Å². The molecule has 15 heavy (non-hydrogen) atoms. The van der Waals surface area contributed by atoms with E-state index in [9.17, 15) is 4.79 Å². The second kappa shape index (κ2) is 3.50. The average Bonchev–Trinajstić information content (AvgIpc) is 2.51. The van der Waals surface area contributed by atoms with E-state index in [-0.39, 0.29) is 18.3 Å². The fourth-order valence-electron chi connectivity index (χ4n) is 1.55. The van der Waals surface area contributed by atoms with Gasteiger partial charge in [0.05, 0.1) is 12.2 Å². The molecule has 1 saturated heterocycles. The molecule has 2 heterocycles. The predicted molar refractivity (Wildman–Crippen MR) is 58.2 cm³/mol. The number of aromatic nitrogens is 1. The molecule has 1 aromatic rings. The van der Waals surface area contributed by atoms with Crippen LogP contribution in [-0.2, 0) is 16.4 Å². The van der Waals surface area contributed by atoms with Crippen LogP contribution < -0.4 is 11.0 Å². The van der Waals surface area contributed by atoms with Gasteiger partial charge in [-0.1, -0.05) is 6.07 Å². The van der Waals surface area contributed by atoms with E-state index in [1.54, 1.807) is 19.3 Å². The summed E-state index contributed by atoms with van der Waals surface area (Å²) in [5.74, 6) is 0. The van der Waals surface area contributed by atoms with E-state index in [4.69, 9.17) is 9.31 Å². The van der Waals surface area contributed by atoms with Gasteiger partial charge in [0.25, 0.3) is 0 Å². The van der Waals surface area contributed by atoms with Gasteiger partial charge in [0, 0.05) is 19.3 Å². The zero-order chi connectivity index (χ0) is 11.1. The highest BCUT2D eigenvalue weighted by molar-refractivity contribution is 6.61. The van der Waals surface area contributed by atoms with Crippen LogP contribution in [0.3, 0.4) is 0 Å². The van der Waals surface area contributed by atoms with Crippen molar-refractivity contribution in [2.45, 2.75) is 19.4 Å². The minimum atomic E-state index is -0.355. The lowest BCUT2D eigenvalue weighted by atomic mass is 9.80. The second-order valence-corrected chi connectivity index (χ2v) is 4.43. The molecule has 0 amide bonds. The van der Waals surface area contributed by atoms with Gasteiger partial charge in [-0.25, -0.2) is 0 Å². The quantitative estimate of drug-likeness (QED) is 0.604. The predicted octanol–water partition coefficient (Wildman–Crippen LogP) is -0.0941. The molecule has 1 fully saturated rings. The molecular weight excluding hydrogens is 193 g/mol. The van der Waals surface area contributed by atoms with Gasteiger partial charge in [-0.3, -0.25) is 4.79 Å². The van der Waals surface area contributed by atoms with E-state index < -0.39 is 0 Å². The maximum Gasteiger partial charge on any atom is 0.495 e. The molecule has 0 spiro atoms. The van der Waals surface area contributed by atoms with Gasteiger partial charge in [-0.15, -0.1) is 0 Å². The van der Waals surface area contributed by atoms with Crippen LogP contribution in [0.5, 0.6) is 0 Å². The molecule has 1 aromatic heterocycles. The van der Waals surface area contributed by atoms with E-state index in [1.807, 2.05) is 13.8 Å². The third kappa shape index (κ3) is 2.13. The molecule has 0 N–H and O–H groups in total. The Balaban J connectivity index is 2.25. The summed E-state index contributed by atoms with van der Waals surface area (Å²) in [5, 5.41) is 0. The summed E-state index contributed by atoms with van der Waals surface area (Å²) in [5.41, 5.74) is 0.595. The molecule has 5 heteroatoms. The van der Waals surface area contributed by atoms with Crippen LogP contribution in [0, 0.1) is 0 Å². The van der Waals surface area contributed by atoms with Gasteiger partial charge in [-0.2, -0.15) is 0 Å². The van der Waals surface area contributed by atoms with Gasteiger partial charge < -0.3 is 13.9 Å². The van der Waals surface area contributed by atoms with Crippen LogP contribution in [0.15, 0.2) is 23.1 Å².